The third kappa shape index (κ3) is 6.71. The number of sulfonamides is 1. The molecule has 1 fully saturated rings. The van der Waals surface area contributed by atoms with Crippen molar-refractivity contribution in [2.24, 2.45) is 4.99 Å². The zero-order valence-electron chi connectivity index (χ0n) is 17.3. The Balaban J connectivity index is 0.00000320. The maximum Gasteiger partial charge on any atom is 0.243 e. The summed E-state index contributed by atoms with van der Waals surface area (Å²) in [5.74, 6) is 1.57. The Kier molecular flexibility index (Phi) is 10.1. The van der Waals surface area contributed by atoms with Crippen LogP contribution in [-0.2, 0) is 23.0 Å². The van der Waals surface area contributed by atoms with Crippen molar-refractivity contribution in [2.45, 2.75) is 44.0 Å². The largest absolute Gasteiger partial charge is 0.469 e. The number of rotatable bonds is 8. The van der Waals surface area contributed by atoms with Crippen LogP contribution in [0.15, 0.2) is 57.0 Å². The van der Waals surface area contributed by atoms with Crippen molar-refractivity contribution in [1.29, 1.82) is 0 Å². The molecule has 2 aromatic rings. The van der Waals surface area contributed by atoms with E-state index in [-0.39, 0.29) is 24.0 Å². The second kappa shape index (κ2) is 12.3. The first-order valence-electron chi connectivity index (χ1n) is 10.2. The van der Waals surface area contributed by atoms with Crippen molar-refractivity contribution in [1.82, 2.24) is 14.9 Å². The van der Waals surface area contributed by atoms with Crippen LogP contribution in [0.2, 0.25) is 0 Å². The molecule has 1 aromatic heterocycles. The number of halogens is 1. The number of hydrogen-bond acceptors (Lipinski definition) is 4. The summed E-state index contributed by atoms with van der Waals surface area (Å²) in [6.07, 6.45) is 5.34. The van der Waals surface area contributed by atoms with Gasteiger partial charge in [0.1, 0.15) is 5.76 Å². The SMILES string of the molecule is CCNC(=NCc1ccccc1S(=O)(=O)N1CCCCC1)NCCc1ccco1.I. The number of furan rings is 1. The predicted octanol–water partition coefficient (Wildman–Crippen LogP) is 3.37. The van der Waals surface area contributed by atoms with Crippen LogP contribution in [-0.4, -0.2) is 44.9 Å². The van der Waals surface area contributed by atoms with E-state index >= 15 is 0 Å². The molecule has 166 valence electrons. The summed E-state index contributed by atoms with van der Waals surface area (Å²) in [6.45, 7) is 4.87. The lowest BCUT2D eigenvalue weighted by atomic mass is 10.2. The van der Waals surface area contributed by atoms with Crippen LogP contribution >= 0.6 is 24.0 Å². The Morgan fingerprint density at radius 2 is 1.87 bits per heavy atom. The van der Waals surface area contributed by atoms with Crippen molar-refractivity contribution < 1.29 is 12.8 Å². The minimum Gasteiger partial charge on any atom is -0.469 e. The third-order valence-corrected chi connectivity index (χ3v) is 6.90. The molecule has 1 aromatic carbocycles. The van der Waals surface area contributed by atoms with E-state index < -0.39 is 10.0 Å². The van der Waals surface area contributed by atoms with Crippen molar-refractivity contribution in [3.8, 4) is 0 Å². The van der Waals surface area contributed by atoms with Gasteiger partial charge in [0, 0.05) is 32.6 Å². The molecule has 30 heavy (non-hydrogen) atoms. The van der Waals surface area contributed by atoms with Crippen molar-refractivity contribution in [3.05, 3.63) is 54.0 Å². The normalized spacial score (nSPS) is 15.4. The number of benzene rings is 1. The number of piperidine rings is 1. The lowest BCUT2D eigenvalue weighted by Gasteiger charge is -2.26. The minimum absolute atomic E-state index is 0. The van der Waals surface area contributed by atoms with Crippen LogP contribution in [0.3, 0.4) is 0 Å². The Hall–Kier alpha value is -1.59. The van der Waals surface area contributed by atoms with E-state index in [1.165, 1.54) is 0 Å². The molecule has 9 heteroatoms. The molecule has 0 unspecified atom stereocenters. The van der Waals surface area contributed by atoms with Gasteiger partial charge in [0.2, 0.25) is 10.0 Å². The van der Waals surface area contributed by atoms with E-state index in [4.69, 9.17) is 4.42 Å². The van der Waals surface area contributed by atoms with Gasteiger partial charge in [-0.15, -0.1) is 24.0 Å². The Labute approximate surface area is 196 Å². The van der Waals surface area contributed by atoms with Crippen molar-refractivity contribution in [3.63, 3.8) is 0 Å². The maximum absolute atomic E-state index is 13.1. The zero-order chi connectivity index (χ0) is 20.5. The number of aliphatic imine (C=N–C) groups is 1. The van der Waals surface area contributed by atoms with Gasteiger partial charge in [-0.05, 0) is 43.5 Å². The van der Waals surface area contributed by atoms with Crippen LogP contribution < -0.4 is 10.6 Å². The minimum atomic E-state index is -3.49. The molecule has 3 rings (SSSR count). The van der Waals surface area contributed by atoms with Gasteiger partial charge < -0.3 is 15.1 Å². The highest BCUT2D eigenvalue weighted by Crippen LogP contribution is 2.24. The first-order chi connectivity index (χ1) is 14.1. The van der Waals surface area contributed by atoms with Gasteiger partial charge in [-0.2, -0.15) is 4.31 Å². The molecule has 0 bridgehead atoms. The summed E-state index contributed by atoms with van der Waals surface area (Å²) >= 11 is 0. The zero-order valence-corrected chi connectivity index (χ0v) is 20.5. The molecule has 0 radical (unpaired) electrons. The first-order valence-corrected chi connectivity index (χ1v) is 11.7. The molecule has 0 amide bonds. The van der Waals surface area contributed by atoms with Gasteiger partial charge in [0.15, 0.2) is 5.96 Å². The van der Waals surface area contributed by atoms with Crippen molar-refractivity contribution >= 4 is 40.0 Å². The highest BCUT2D eigenvalue weighted by molar-refractivity contribution is 14.0. The average Bonchev–Trinajstić information content (AvgIpc) is 3.26. The van der Waals surface area contributed by atoms with Crippen molar-refractivity contribution in [2.75, 3.05) is 26.2 Å². The van der Waals surface area contributed by atoms with Crippen LogP contribution in [0.25, 0.3) is 0 Å². The van der Waals surface area contributed by atoms with E-state index in [9.17, 15) is 8.42 Å². The number of nitrogens with one attached hydrogen (secondary N) is 2. The fourth-order valence-corrected chi connectivity index (χ4v) is 5.13. The van der Waals surface area contributed by atoms with Crippen LogP contribution in [0.1, 0.15) is 37.5 Å². The number of guanidine groups is 1. The molecular weight excluding hydrogens is 515 g/mol. The molecule has 1 saturated heterocycles. The summed E-state index contributed by atoms with van der Waals surface area (Å²) in [4.78, 5) is 4.96. The summed E-state index contributed by atoms with van der Waals surface area (Å²) in [5, 5.41) is 6.47. The fourth-order valence-electron chi connectivity index (χ4n) is 3.40. The monoisotopic (exact) mass is 546 g/mol. The molecule has 2 N–H and O–H groups in total. The fraction of sp³-hybridized carbons (Fsp3) is 0.476. The van der Waals surface area contributed by atoms with Crippen LogP contribution in [0.4, 0.5) is 0 Å². The van der Waals surface area contributed by atoms with Gasteiger partial charge in [-0.1, -0.05) is 24.6 Å². The molecule has 0 saturated carbocycles. The number of hydrogen-bond donors (Lipinski definition) is 2. The number of nitrogens with zero attached hydrogens (tertiary/aromatic N) is 2. The van der Waals surface area contributed by atoms with Gasteiger partial charge >= 0.3 is 0 Å². The summed E-state index contributed by atoms with van der Waals surface area (Å²) in [7, 11) is -3.49. The van der Waals surface area contributed by atoms with Gasteiger partial charge in [-0.25, -0.2) is 13.4 Å². The quantitative estimate of drug-likeness (QED) is 0.301. The topological polar surface area (TPSA) is 86.9 Å². The lowest BCUT2D eigenvalue weighted by Crippen LogP contribution is -2.38. The highest BCUT2D eigenvalue weighted by Gasteiger charge is 2.27. The molecular formula is C21H31IN4O3S. The maximum atomic E-state index is 13.1. The Bertz CT molecular complexity index is 895. The van der Waals surface area contributed by atoms with Gasteiger partial charge in [0.25, 0.3) is 0 Å². The molecule has 2 heterocycles. The predicted molar refractivity (Wildman–Crippen MR) is 130 cm³/mol. The smallest absolute Gasteiger partial charge is 0.243 e. The first kappa shape index (κ1) is 24.7. The standard InChI is InChI=1S/C21H30N4O3S.HI/c1-2-22-21(23-13-12-19-10-8-16-28-19)24-17-18-9-4-5-11-20(18)29(26,27)25-14-6-3-7-15-25;/h4-5,8-11,16H,2-3,6-7,12-15,17H2,1H3,(H2,22,23,24);1H. The van der Waals surface area contributed by atoms with E-state index in [1.807, 2.05) is 31.2 Å². The molecule has 1 aliphatic rings. The van der Waals surface area contributed by atoms with Crippen LogP contribution in [0, 0.1) is 0 Å². The molecule has 0 spiro atoms. The lowest BCUT2D eigenvalue weighted by molar-refractivity contribution is 0.346. The molecule has 0 atom stereocenters. The van der Waals surface area contributed by atoms with Gasteiger partial charge in [-0.3, -0.25) is 0 Å². The second-order valence-corrected chi connectivity index (χ2v) is 8.93. The second-order valence-electron chi connectivity index (χ2n) is 7.02. The van der Waals surface area contributed by atoms with Gasteiger partial charge in [0.05, 0.1) is 17.7 Å². The summed E-state index contributed by atoms with van der Waals surface area (Å²) in [5.41, 5.74) is 0.710. The van der Waals surface area contributed by atoms with E-state index in [0.717, 1.165) is 38.0 Å². The van der Waals surface area contributed by atoms with E-state index in [2.05, 4.69) is 15.6 Å². The molecule has 0 aliphatic carbocycles. The summed E-state index contributed by atoms with van der Waals surface area (Å²) in [6, 6.07) is 11.0. The van der Waals surface area contributed by atoms with E-state index in [0.29, 0.717) is 42.6 Å². The third-order valence-electron chi connectivity index (χ3n) is 4.90. The highest BCUT2D eigenvalue weighted by atomic mass is 127. The Morgan fingerprint density at radius 3 is 2.57 bits per heavy atom. The molecule has 7 nitrogen and oxygen atoms in total. The average molecular weight is 546 g/mol. The Morgan fingerprint density at radius 1 is 1.10 bits per heavy atom. The van der Waals surface area contributed by atoms with E-state index in [1.54, 1.807) is 22.7 Å². The molecule has 1 aliphatic heterocycles. The summed E-state index contributed by atoms with van der Waals surface area (Å²) < 4.78 is 33.2. The van der Waals surface area contributed by atoms with Crippen LogP contribution in [0.5, 0.6) is 0 Å².